The van der Waals surface area contributed by atoms with E-state index >= 15 is 0 Å². The van der Waals surface area contributed by atoms with Gasteiger partial charge in [0, 0.05) is 25.4 Å². The van der Waals surface area contributed by atoms with Crippen molar-refractivity contribution in [1.29, 1.82) is 0 Å². The zero-order valence-electron chi connectivity index (χ0n) is 18.6. The van der Waals surface area contributed by atoms with Gasteiger partial charge in [-0.25, -0.2) is 9.37 Å². The summed E-state index contributed by atoms with van der Waals surface area (Å²) >= 11 is 3.25. The Hall–Kier alpha value is -2.64. The second-order valence-electron chi connectivity index (χ2n) is 8.88. The summed E-state index contributed by atoms with van der Waals surface area (Å²) in [5, 5.41) is 7.82. The molecule has 0 unspecified atom stereocenters. The van der Waals surface area contributed by atoms with Gasteiger partial charge < -0.3 is 4.74 Å². The number of nitrogens with zero attached hydrogens (tertiary/aromatic N) is 6. The predicted octanol–water partition coefficient (Wildman–Crippen LogP) is 5.91. The van der Waals surface area contributed by atoms with Gasteiger partial charge in [-0.15, -0.1) is 10.2 Å². The van der Waals surface area contributed by atoms with Crippen molar-refractivity contribution < 1.29 is 22.3 Å². The topological polar surface area (TPSA) is 70.7 Å². The lowest BCUT2D eigenvalue weighted by Crippen LogP contribution is -2.22. The first-order chi connectivity index (χ1) is 16.0. The highest BCUT2D eigenvalue weighted by Gasteiger charge is 2.35. The quantitative estimate of drug-likeness (QED) is 0.161. The fourth-order valence-corrected chi connectivity index (χ4v) is 4.57. The molecule has 4 rings (SSSR count). The van der Waals surface area contributed by atoms with Crippen LogP contribution < -0.4 is 0 Å². The second kappa shape index (κ2) is 9.19. The number of alkyl halides is 3. The van der Waals surface area contributed by atoms with Gasteiger partial charge in [-0.1, -0.05) is 35.6 Å². The van der Waals surface area contributed by atoms with E-state index in [0.29, 0.717) is 16.6 Å². The van der Waals surface area contributed by atoms with Gasteiger partial charge in [-0.2, -0.15) is 13.2 Å². The molecule has 0 radical (unpaired) electrons. The number of fused-ring (bicyclic) bond motifs is 1. The maximum atomic E-state index is 15.0. The summed E-state index contributed by atoms with van der Waals surface area (Å²) in [7, 11) is -1.37. The van der Waals surface area contributed by atoms with Crippen LogP contribution in [0.2, 0.25) is 25.7 Å². The minimum Gasteiger partial charge on any atom is -0.361 e. The molecule has 0 saturated carbocycles. The molecule has 0 atom stereocenters. The highest BCUT2D eigenvalue weighted by Crippen LogP contribution is 2.35. The fourth-order valence-electron chi connectivity index (χ4n) is 3.40. The van der Waals surface area contributed by atoms with Gasteiger partial charge >= 0.3 is 6.18 Å². The minimum atomic E-state index is -4.63. The Labute approximate surface area is 201 Å². The van der Waals surface area contributed by atoms with E-state index in [1.54, 1.807) is 6.07 Å². The number of hydrogen-bond acceptors (Lipinski definition) is 5. The summed E-state index contributed by atoms with van der Waals surface area (Å²) in [6, 6.07) is 4.68. The number of rotatable bonds is 7. The van der Waals surface area contributed by atoms with Crippen LogP contribution in [0, 0.1) is 5.82 Å². The van der Waals surface area contributed by atoms with Gasteiger partial charge in [0.05, 0.1) is 23.0 Å². The first-order valence-electron chi connectivity index (χ1n) is 10.3. The fraction of sp³-hybridized carbons (Fsp3) is 0.333. The normalized spacial score (nSPS) is 12.6. The number of aromatic nitrogens is 6. The smallest absolute Gasteiger partial charge is 0.361 e. The van der Waals surface area contributed by atoms with Gasteiger partial charge in [0.1, 0.15) is 24.4 Å². The van der Waals surface area contributed by atoms with Crippen molar-refractivity contribution in [3.8, 4) is 17.3 Å². The van der Waals surface area contributed by atoms with Crippen molar-refractivity contribution in [2.24, 2.45) is 0 Å². The Bertz CT molecular complexity index is 1330. The summed E-state index contributed by atoms with van der Waals surface area (Å²) in [5.41, 5.74) is -0.725. The molecular formula is C21H21BrF4N6OSi. The lowest BCUT2D eigenvalue weighted by Gasteiger charge is -2.17. The van der Waals surface area contributed by atoms with E-state index in [1.807, 2.05) is 0 Å². The molecule has 0 aliphatic rings. The average molecular weight is 557 g/mol. The van der Waals surface area contributed by atoms with E-state index in [2.05, 4.69) is 55.7 Å². The largest absolute Gasteiger partial charge is 0.418 e. The Morgan fingerprint density at radius 2 is 1.91 bits per heavy atom. The highest BCUT2D eigenvalue weighted by atomic mass is 79.9. The highest BCUT2D eigenvalue weighted by molar-refractivity contribution is 9.10. The van der Waals surface area contributed by atoms with Crippen LogP contribution in [0.25, 0.3) is 28.4 Å². The van der Waals surface area contributed by atoms with Gasteiger partial charge in [-0.05, 0) is 24.2 Å². The Morgan fingerprint density at radius 3 is 2.62 bits per heavy atom. The Morgan fingerprint density at radius 1 is 1.15 bits per heavy atom. The molecule has 3 heterocycles. The summed E-state index contributed by atoms with van der Waals surface area (Å²) in [5.74, 6) is -0.436. The summed E-state index contributed by atoms with van der Waals surface area (Å²) in [6.07, 6.45) is -1.35. The van der Waals surface area contributed by atoms with Crippen LogP contribution in [0.5, 0.6) is 0 Å². The summed E-state index contributed by atoms with van der Waals surface area (Å²) in [6.45, 7) is 7.03. The standard InChI is InChI=1S/C21H21BrF4N6OSi/c1-34(2,3)7-6-33-12-32-18-15(23)8-13(22)9-16(18)29-19(32)20-30-28-11-31(20)17-10-27-5-4-14(17)21(24,25)26/h4-5,8-11H,6-7,12H2,1-3H3. The molecule has 34 heavy (non-hydrogen) atoms. The third kappa shape index (κ3) is 5.05. The molecule has 1 aromatic carbocycles. The van der Waals surface area contributed by atoms with E-state index in [0.717, 1.165) is 35.4 Å². The van der Waals surface area contributed by atoms with Crippen LogP contribution in [0.3, 0.4) is 0 Å². The number of halogens is 5. The first kappa shape index (κ1) is 24.5. The van der Waals surface area contributed by atoms with Crippen molar-refractivity contribution in [2.45, 2.75) is 38.6 Å². The third-order valence-corrected chi connectivity index (χ3v) is 7.25. The molecule has 4 aromatic rings. The maximum Gasteiger partial charge on any atom is 0.418 e. The van der Waals surface area contributed by atoms with E-state index in [-0.39, 0.29) is 29.6 Å². The molecule has 0 amide bonds. The summed E-state index contributed by atoms with van der Waals surface area (Å²) < 4.78 is 64.8. The van der Waals surface area contributed by atoms with Crippen LogP contribution >= 0.6 is 15.9 Å². The lowest BCUT2D eigenvalue weighted by molar-refractivity contribution is -0.137. The molecule has 0 aliphatic heterocycles. The number of benzene rings is 1. The second-order valence-corrected chi connectivity index (χ2v) is 15.4. The lowest BCUT2D eigenvalue weighted by atomic mass is 10.2. The molecular weight excluding hydrogens is 536 g/mol. The number of pyridine rings is 1. The Balaban J connectivity index is 1.84. The molecule has 0 aliphatic carbocycles. The number of ether oxygens (including phenoxy) is 1. The zero-order valence-corrected chi connectivity index (χ0v) is 21.2. The first-order valence-corrected chi connectivity index (χ1v) is 14.8. The van der Waals surface area contributed by atoms with Gasteiger partial charge in [-0.3, -0.25) is 14.1 Å². The molecule has 0 bridgehead atoms. The van der Waals surface area contributed by atoms with E-state index in [4.69, 9.17) is 4.74 Å². The van der Waals surface area contributed by atoms with Crippen LogP contribution in [0.15, 0.2) is 41.4 Å². The summed E-state index contributed by atoms with van der Waals surface area (Å²) in [4.78, 5) is 8.31. The zero-order chi connectivity index (χ0) is 24.7. The molecule has 0 N–H and O–H groups in total. The van der Waals surface area contributed by atoms with Gasteiger partial charge in [0.25, 0.3) is 0 Å². The monoisotopic (exact) mass is 556 g/mol. The molecule has 0 spiro atoms. The van der Waals surface area contributed by atoms with Gasteiger partial charge in [0.15, 0.2) is 5.82 Å². The van der Waals surface area contributed by atoms with E-state index in [1.165, 1.54) is 10.6 Å². The molecule has 0 saturated heterocycles. The maximum absolute atomic E-state index is 15.0. The average Bonchev–Trinajstić information content (AvgIpc) is 3.34. The van der Waals surface area contributed by atoms with Crippen LogP contribution in [-0.2, 0) is 17.6 Å². The minimum absolute atomic E-state index is 0.000908. The number of imidazole rings is 1. The predicted molar refractivity (Wildman–Crippen MR) is 125 cm³/mol. The molecule has 7 nitrogen and oxygen atoms in total. The van der Waals surface area contributed by atoms with Crippen molar-refractivity contribution in [3.05, 3.63) is 52.8 Å². The number of hydrogen-bond donors (Lipinski definition) is 0. The van der Waals surface area contributed by atoms with Crippen LogP contribution in [0.4, 0.5) is 17.6 Å². The molecule has 13 heteroatoms. The molecule has 3 aromatic heterocycles. The van der Waals surface area contributed by atoms with Gasteiger partial charge in [0.2, 0.25) is 5.82 Å². The van der Waals surface area contributed by atoms with Crippen molar-refractivity contribution in [2.75, 3.05) is 6.61 Å². The SMILES string of the molecule is C[Si](C)(C)CCOCn1c(-c2nncn2-c2cnccc2C(F)(F)F)nc2cc(Br)cc(F)c21. The Kier molecular flexibility index (Phi) is 6.62. The van der Waals surface area contributed by atoms with Crippen LogP contribution in [0.1, 0.15) is 5.56 Å². The van der Waals surface area contributed by atoms with Crippen molar-refractivity contribution in [3.63, 3.8) is 0 Å². The van der Waals surface area contributed by atoms with Crippen molar-refractivity contribution >= 4 is 35.0 Å². The van der Waals surface area contributed by atoms with Crippen LogP contribution in [-0.4, -0.2) is 44.0 Å². The van der Waals surface area contributed by atoms with Crippen molar-refractivity contribution in [1.82, 2.24) is 29.3 Å². The van der Waals surface area contributed by atoms with E-state index < -0.39 is 25.6 Å². The van der Waals surface area contributed by atoms with E-state index in [9.17, 15) is 17.6 Å². The molecule has 180 valence electrons. The third-order valence-electron chi connectivity index (χ3n) is 5.09. The molecule has 0 fully saturated rings.